The molecule has 0 aliphatic heterocycles. The number of nitrogens with zero attached hydrogens (tertiary/aromatic N) is 1. The summed E-state index contributed by atoms with van der Waals surface area (Å²) in [6.45, 7) is 2.82. The minimum absolute atomic E-state index is 0.103. The van der Waals surface area contributed by atoms with E-state index in [2.05, 4.69) is 5.32 Å². The first kappa shape index (κ1) is 24.7. The average molecular weight is 444 g/mol. The Morgan fingerprint density at radius 1 is 1.06 bits per heavy atom. The Morgan fingerprint density at radius 2 is 1.72 bits per heavy atom. The Balaban J connectivity index is 2.45. The molecule has 32 heavy (non-hydrogen) atoms. The number of phenols is 2. The number of methoxy groups -OCH3 is 1. The van der Waals surface area contributed by atoms with Crippen molar-refractivity contribution in [2.45, 2.75) is 38.5 Å². The lowest BCUT2D eigenvalue weighted by atomic mass is 9.90. The van der Waals surface area contributed by atoms with Crippen LogP contribution in [0.1, 0.15) is 25.0 Å². The van der Waals surface area contributed by atoms with Gasteiger partial charge in [-0.2, -0.15) is 0 Å². The number of nitrogens with one attached hydrogen (secondary N) is 1. The zero-order valence-electron chi connectivity index (χ0n) is 18.5. The molecule has 0 bridgehead atoms. The molecule has 3 N–H and O–H groups in total. The number of phenolic OH excluding ortho intramolecular Hbond substituents is 2. The highest BCUT2D eigenvalue weighted by Crippen LogP contribution is 2.30. The number of imide groups is 1. The Kier molecular flexibility index (Phi) is 8.20. The van der Waals surface area contributed by atoms with Crippen LogP contribution >= 0.6 is 0 Å². The molecule has 172 valence electrons. The van der Waals surface area contributed by atoms with Crippen LogP contribution in [0.25, 0.3) is 0 Å². The fourth-order valence-electron chi connectivity index (χ4n) is 3.17. The number of esters is 1. The highest BCUT2D eigenvalue weighted by Gasteiger charge is 2.49. The SMILES string of the molecule is CN[C@@H](C)C(=O)N(C(=O)OCc1ccccc1)[C@@](C)(Cc1ccc(O)c(O)c1)C(=O)OC. The molecule has 9 nitrogen and oxygen atoms in total. The van der Waals surface area contributed by atoms with E-state index in [-0.39, 0.29) is 18.8 Å². The van der Waals surface area contributed by atoms with E-state index in [9.17, 15) is 24.6 Å². The molecule has 2 aromatic carbocycles. The van der Waals surface area contributed by atoms with Gasteiger partial charge in [-0.1, -0.05) is 36.4 Å². The van der Waals surface area contributed by atoms with Crippen LogP contribution in [0.4, 0.5) is 4.79 Å². The molecule has 0 heterocycles. The van der Waals surface area contributed by atoms with Crippen molar-refractivity contribution in [3.05, 3.63) is 59.7 Å². The number of hydrogen-bond donors (Lipinski definition) is 3. The Labute approximate surface area is 186 Å². The highest BCUT2D eigenvalue weighted by atomic mass is 16.6. The van der Waals surface area contributed by atoms with E-state index >= 15 is 0 Å². The van der Waals surface area contributed by atoms with Crippen LogP contribution < -0.4 is 5.32 Å². The summed E-state index contributed by atoms with van der Waals surface area (Å²) in [4.78, 5) is 39.9. The molecule has 0 radical (unpaired) electrons. The van der Waals surface area contributed by atoms with Crippen LogP contribution in [-0.4, -0.2) is 58.8 Å². The van der Waals surface area contributed by atoms with Gasteiger partial charge in [-0.3, -0.25) is 4.79 Å². The van der Waals surface area contributed by atoms with Crippen molar-refractivity contribution >= 4 is 18.0 Å². The summed E-state index contributed by atoms with van der Waals surface area (Å²) in [6.07, 6.45) is -1.20. The highest BCUT2D eigenvalue weighted by molar-refractivity contribution is 6.01. The Morgan fingerprint density at radius 3 is 2.28 bits per heavy atom. The van der Waals surface area contributed by atoms with Gasteiger partial charge in [-0.25, -0.2) is 14.5 Å². The smallest absolute Gasteiger partial charge is 0.417 e. The van der Waals surface area contributed by atoms with Gasteiger partial charge < -0.3 is 25.0 Å². The predicted octanol–water partition coefficient (Wildman–Crippen LogP) is 2.35. The van der Waals surface area contributed by atoms with Crippen molar-refractivity contribution < 1.29 is 34.1 Å². The summed E-state index contributed by atoms with van der Waals surface area (Å²) in [5.41, 5.74) is -0.703. The van der Waals surface area contributed by atoms with E-state index in [1.165, 1.54) is 25.1 Å². The van der Waals surface area contributed by atoms with Crippen molar-refractivity contribution in [2.75, 3.05) is 14.2 Å². The summed E-state index contributed by atoms with van der Waals surface area (Å²) < 4.78 is 10.3. The Hall–Kier alpha value is -3.59. The first-order valence-electron chi connectivity index (χ1n) is 9.95. The number of likely N-dealkylation sites (N-methyl/N-ethyl adjacent to an activating group) is 1. The fraction of sp³-hybridized carbons (Fsp3) is 0.348. The number of hydrogen-bond acceptors (Lipinski definition) is 8. The van der Waals surface area contributed by atoms with Crippen molar-refractivity contribution in [1.82, 2.24) is 10.2 Å². The molecule has 0 unspecified atom stereocenters. The number of carbonyl (C=O) groups excluding carboxylic acids is 3. The normalized spacial score (nSPS) is 13.5. The average Bonchev–Trinajstić information content (AvgIpc) is 2.79. The molecule has 0 saturated heterocycles. The molecule has 2 rings (SSSR count). The minimum atomic E-state index is -1.80. The number of carbonyl (C=O) groups is 3. The van der Waals surface area contributed by atoms with Gasteiger partial charge in [0.25, 0.3) is 0 Å². The maximum Gasteiger partial charge on any atom is 0.417 e. The number of aromatic hydroxyl groups is 2. The third-order valence-electron chi connectivity index (χ3n) is 5.12. The van der Waals surface area contributed by atoms with Crippen LogP contribution in [0.3, 0.4) is 0 Å². The van der Waals surface area contributed by atoms with Gasteiger partial charge >= 0.3 is 12.1 Å². The zero-order chi connectivity index (χ0) is 23.9. The number of ether oxygens (including phenoxy) is 2. The molecular formula is C23H28N2O7. The number of benzene rings is 2. The second kappa shape index (κ2) is 10.6. The molecule has 2 amide bonds. The van der Waals surface area contributed by atoms with Crippen LogP contribution in [0.15, 0.2) is 48.5 Å². The molecule has 9 heteroatoms. The van der Waals surface area contributed by atoms with Crippen molar-refractivity contribution in [3.8, 4) is 11.5 Å². The summed E-state index contributed by atoms with van der Waals surface area (Å²) in [5, 5.41) is 22.2. The second-order valence-corrected chi connectivity index (χ2v) is 7.49. The Bertz CT molecular complexity index is 964. The summed E-state index contributed by atoms with van der Waals surface area (Å²) in [6, 6.07) is 12.1. The van der Waals surface area contributed by atoms with Crippen LogP contribution in [0, 0.1) is 0 Å². The first-order valence-corrected chi connectivity index (χ1v) is 9.95. The number of amides is 2. The second-order valence-electron chi connectivity index (χ2n) is 7.49. The topological polar surface area (TPSA) is 125 Å². The largest absolute Gasteiger partial charge is 0.504 e. The van der Waals surface area contributed by atoms with Gasteiger partial charge in [0.2, 0.25) is 5.91 Å². The van der Waals surface area contributed by atoms with Gasteiger partial charge in [-0.15, -0.1) is 0 Å². The molecule has 0 fully saturated rings. The maximum atomic E-state index is 13.2. The molecule has 0 spiro atoms. The van der Waals surface area contributed by atoms with E-state index in [4.69, 9.17) is 9.47 Å². The van der Waals surface area contributed by atoms with Gasteiger partial charge in [0, 0.05) is 6.42 Å². The van der Waals surface area contributed by atoms with Gasteiger partial charge in [0.1, 0.15) is 6.61 Å². The van der Waals surface area contributed by atoms with Gasteiger partial charge in [0.05, 0.1) is 13.2 Å². The van der Waals surface area contributed by atoms with Crippen molar-refractivity contribution in [1.29, 1.82) is 0 Å². The zero-order valence-corrected chi connectivity index (χ0v) is 18.5. The van der Waals surface area contributed by atoms with Gasteiger partial charge in [-0.05, 0) is 44.2 Å². The summed E-state index contributed by atoms with van der Waals surface area (Å²) in [7, 11) is 2.69. The monoisotopic (exact) mass is 444 g/mol. The maximum absolute atomic E-state index is 13.2. The lowest BCUT2D eigenvalue weighted by Crippen LogP contribution is -2.62. The van der Waals surface area contributed by atoms with Crippen LogP contribution in [0.5, 0.6) is 11.5 Å². The standard InChI is InChI=1S/C23H28N2O7/c1-15(24-3)20(28)25(22(30)32-14-16-8-6-5-7-9-16)23(2,21(29)31-4)13-17-10-11-18(26)19(27)12-17/h5-12,15,24,26-27H,13-14H2,1-4H3/t15-,23-/m0/s1. The molecule has 2 atom stereocenters. The number of rotatable bonds is 8. The molecule has 0 aromatic heterocycles. The third-order valence-corrected chi connectivity index (χ3v) is 5.12. The van der Waals surface area contributed by atoms with E-state index < -0.39 is 35.3 Å². The van der Waals surface area contributed by atoms with E-state index in [0.29, 0.717) is 11.1 Å². The van der Waals surface area contributed by atoms with Gasteiger partial charge in [0.15, 0.2) is 17.0 Å². The summed E-state index contributed by atoms with van der Waals surface area (Å²) in [5.74, 6) is -2.28. The van der Waals surface area contributed by atoms with E-state index in [0.717, 1.165) is 12.0 Å². The molecule has 0 aliphatic rings. The van der Waals surface area contributed by atoms with Crippen LogP contribution in [-0.2, 0) is 32.1 Å². The molecule has 2 aromatic rings. The quantitative estimate of drug-likeness (QED) is 0.419. The molecule has 0 aliphatic carbocycles. The lowest BCUT2D eigenvalue weighted by molar-refractivity contribution is -0.159. The summed E-state index contributed by atoms with van der Waals surface area (Å²) >= 11 is 0. The third kappa shape index (κ3) is 5.55. The predicted molar refractivity (Wildman–Crippen MR) is 116 cm³/mol. The first-order chi connectivity index (χ1) is 15.1. The van der Waals surface area contributed by atoms with Crippen molar-refractivity contribution in [2.24, 2.45) is 0 Å². The van der Waals surface area contributed by atoms with E-state index in [1.807, 2.05) is 6.07 Å². The lowest BCUT2D eigenvalue weighted by Gasteiger charge is -2.38. The fourth-order valence-corrected chi connectivity index (χ4v) is 3.17. The van der Waals surface area contributed by atoms with Crippen molar-refractivity contribution in [3.63, 3.8) is 0 Å². The van der Waals surface area contributed by atoms with Crippen LogP contribution in [0.2, 0.25) is 0 Å². The molecular weight excluding hydrogens is 416 g/mol. The van der Waals surface area contributed by atoms with E-state index in [1.54, 1.807) is 38.2 Å². The minimum Gasteiger partial charge on any atom is -0.504 e. The molecule has 0 saturated carbocycles.